The van der Waals surface area contributed by atoms with Gasteiger partial charge >= 0.3 is 0 Å². The van der Waals surface area contributed by atoms with Crippen molar-refractivity contribution in [1.29, 1.82) is 0 Å². The zero-order valence-corrected chi connectivity index (χ0v) is 31.9. The second-order valence-corrected chi connectivity index (χ2v) is 19.7. The van der Waals surface area contributed by atoms with Crippen LogP contribution in [0.15, 0.2) is 43.5 Å². The first-order valence-electron chi connectivity index (χ1n) is 17.3. The second-order valence-electron chi connectivity index (χ2n) is 15.0. The van der Waals surface area contributed by atoms with Crippen LogP contribution in [-0.2, 0) is 23.6 Å². The first-order chi connectivity index (χ1) is 22.3. The van der Waals surface area contributed by atoms with Crippen LogP contribution < -0.4 is 21.4 Å². The Labute approximate surface area is 290 Å². The fourth-order valence-corrected chi connectivity index (χ4v) is 6.75. The first-order valence-corrected chi connectivity index (χ1v) is 20.2. The summed E-state index contributed by atoms with van der Waals surface area (Å²) in [6.07, 6.45) is 5.82. The summed E-state index contributed by atoms with van der Waals surface area (Å²) in [7, 11) is -2.17. The first kappa shape index (κ1) is 40.9. The minimum absolute atomic E-state index is 0.0257. The van der Waals surface area contributed by atoms with Gasteiger partial charge in [-0.25, -0.2) is 5.43 Å². The standard InChI is InChI=1S/C37H61N5O5Si/c1-13-15-21-31(47-48(11,12)37(8,9)10)25(5)33(43)40-32(24(3)4)35(45)39-27(7)36(46)42-22-17-20-30(41-42)34(44)38-26(6)29-19-16-18-28(14-2)23-29/h13-14,16,18-19,23-27,30-32,41H,1-2,15,17,20-22H2,3-12H3,(H,38,44)(H,39,45)(H,40,43)/t25-,26-,27+,30+,31-,32?/m1/s1. The van der Waals surface area contributed by atoms with E-state index in [1.165, 1.54) is 5.01 Å². The summed E-state index contributed by atoms with van der Waals surface area (Å²) >= 11 is 0. The normalized spacial score (nSPS) is 18.6. The van der Waals surface area contributed by atoms with Gasteiger partial charge in [0.15, 0.2) is 8.32 Å². The Bertz CT molecular complexity index is 1290. The van der Waals surface area contributed by atoms with Gasteiger partial charge in [-0.05, 0) is 80.8 Å². The number of hydrogen-bond acceptors (Lipinski definition) is 6. The lowest BCUT2D eigenvalue weighted by Gasteiger charge is -2.41. The van der Waals surface area contributed by atoms with Gasteiger partial charge in [0.1, 0.15) is 18.1 Å². The third kappa shape index (κ3) is 11.4. The molecule has 1 aromatic carbocycles. The maximum absolute atomic E-state index is 13.6. The molecule has 1 fully saturated rings. The van der Waals surface area contributed by atoms with Gasteiger partial charge in [-0.15, -0.1) is 6.58 Å². The molecule has 11 heteroatoms. The number of amides is 4. The van der Waals surface area contributed by atoms with E-state index in [1.807, 2.05) is 58.0 Å². The molecule has 0 radical (unpaired) electrons. The Morgan fingerprint density at radius 2 is 1.71 bits per heavy atom. The molecule has 0 saturated carbocycles. The van der Waals surface area contributed by atoms with Crippen LogP contribution in [0.25, 0.3) is 6.08 Å². The smallest absolute Gasteiger partial charge is 0.258 e. The highest BCUT2D eigenvalue weighted by atomic mass is 28.4. The molecule has 10 nitrogen and oxygen atoms in total. The summed E-state index contributed by atoms with van der Waals surface area (Å²) in [6, 6.07) is 5.23. The molecule has 1 aliphatic rings. The number of hydrazine groups is 1. The molecule has 0 aliphatic carbocycles. The largest absolute Gasteiger partial charge is 0.413 e. The summed E-state index contributed by atoms with van der Waals surface area (Å²) in [6.45, 7) is 27.9. The lowest BCUT2D eigenvalue weighted by Crippen LogP contribution is -2.62. The Morgan fingerprint density at radius 1 is 1.04 bits per heavy atom. The lowest BCUT2D eigenvalue weighted by molar-refractivity contribution is -0.143. The van der Waals surface area contributed by atoms with E-state index >= 15 is 0 Å². The maximum atomic E-state index is 13.6. The van der Waals surface area contributed by atoms with E-state index in [0.717, 1.165) is 11.1 Å². The molecular formula is C37H61N5O5Si. The molecule has 4 N–H and O–H groups in total. The summed E-state index contributed by atoms with van der Waals surface area (Å²) in [5.41, 5.74) is 4.98. The number of rotatable bonds is 16. The molecule has 0 aromatic heterocycles. The Kier molecular flexibility index (Phi) is 15.3. The van der Waals surface area contributed by atoms with Gasteiger partial charge in [0.05, 0.1) is 18.1 Å². The van der Waals surface area contributed by atoms with E-state index in [9.17, 15) is 19.2 Å². The van der Waals surface area contributed by atoms with Gasteiger partial charge < -0.3 is 20.4 Å². The highest BCUT2D eigenvalue weighted by Gasteiger charge is 2.41. The van der Waals surface area contributed by atoms with E-state index in [1.54, 1.807) is 13.0 Å². The van der Waals surface area contributed by atoms with Gasteiger partial charge in [0.2, 0.25) is 17.7 Å². The summed E-state index contributed by atoms with van der Waals surface area (Å²) in [4.78, 5) is 53.6. The van der Waals surface area contributed by atoms with Crippen LogP contribution in [0.1, 0.15) is 98.2 Å². The fourth-order valence-electron chi connectivity index (χ4n) is 5.32. The quantitative estimate of drug-likeness (QED) is 0.132. The van der Waals surface area contributed by atoms with Crippen molar-refractivity contribution in [2.45, 2.75) is 129 Å². The molecule has 1 unspecified atom stereocenters. The van der Waals surface area contributed by atoms with Crippen LogP contribution in [0, 0.1) is 11.8 Å². The third-order valence-corrected chi connectivity index (χ3v) is 14.1. The molecule has 268 valence electrons. The van der Waals surface area contributed by atoms with E-state index in [-0.39, 0.29) is 40.8 Å². The minimum Gasteiger partial charge on any atom is -0.413 e. The van der Waals surface area contributed by atoms with Crippen LogP contribution >= 0.6 is 0 Å². The number of hydrogen-bond donors (Lipinski definition) is 4. The SMILES string of the molecule is C=CCC[C@@H](O[Si](C)(C)C(C)(C)C)[C@@H](C)C(=O)NC(C(=O)N[C@@H](C)C(=O)N1CCC[C@@H](C(=O)N[C@H](C)c2cccc(C=C)c2)N1)C(C)C. The summed E-state index contributed by atoms with van der Waals surface area (Å²) in [5.74, 6) is -2.01. The van der Waals surface area contributed by atoms with Crippen molar-refractivity contribution in [2.75, 3.05) is 6.54 Å². The highest BCUT2D eigenvalue weighted by molar-refractivity contribution is 6.74. The summed E-state index contributed by atoms with van der Waals surface area (Å²) < 4.78 is 6.67. The highest BCUT2D eigenvalue weighted by Crippen LogP contribution is 2.38. The molecule has 1 heterocycles. The van der Waals surface area contributed by atoms with Gasteiger partial charge in [-0.3, -0.25) is 24.2 Å². The zero-order valence-electron chi connectivity index (χ0n) is 30.9. The van der Waals surface area contributed by atoms with Gasteiger partial charge in [0, 0.05) is 6.54 Å². The molecule has 1 aliphatic heterocycles. The Balaban J connectivity index is 2.04. The van der Waals surface area contributed by atoms with E-state index in [4.69, 9.17) is 4.43 Å². The Morgan fingerprint density at radius 3 is 2.29 bits per heavy atom. The van der Waals surface area contributed by atoms with Gasteiger partial charge in [-0.1, -0.05) is 78.5 Å². The number of allylic oxidation sites excluding steroid dienone is 1. The molecule has 1 saturated heterocycles. The van der Waals surface area contributed by atoms with Crippen molar-refractivity contribution >= 4 is 38.0 Å². The lowest BCUT2D eigenvalue weighted by atomic mass is 9.97. The van der Waals surface area contributed by atoms with Crippen molar-refractivity contribution in [1.82, 2.24) is 26.4 Å². The van der Waals surface area contributed by atoms with Crippen molar-refractivity contribution in [2.24, 2.45) is 11.8 Å². The monoisotopic (exact) mass is 683 g/mol. The van der Waals surface area contributed by atoms with Crippen molar-refractivity contribution in [3.63, 3.8) is 0 Å². The minimum atomic E-state index is -2.17. The predicted molar refractivity (Wildman–Crippen MR) is 196 cm³/mol. The van der Waals surface area contributed by atoms with Crippen molar-refractivity contribution < 1.29 is 23.6 Å². The van der Waals surface area contributed by atoms with Gasteiger partial charge in [-0.2, -0.15) is 0 Å². The van der Waals surface area contributed by atoms with E-state index in [2.05, 4.69) is 68.4 Å². The number of carbonyl (C=O) groups is 4. The number of nitrogens with zero attached hydrogens (tertiary/aromatic N) is 1. The fraction of sp³-hybridized carbons (Fsp3) is 0.622. The molecule has 2 rings (SSSR count). The molecule has 4 amide bonds. The van der Waals surface area contributed by atoms with Crippen LogP contribution in [-0.4, -0.2) is 67.7 Å². The molecule has 6 atom stereocenters. The number of carbonyl (C=O) groups excluding carboxylic acids is 4. The third-order valence-electron chi connectivity index (χ3n) is 9.63. The molecule has 1 aromatic rings. The predicted octanol–water partition coefficient (Wildman–Crippen LogP) is 5.64. The van der Waals surface area contributed by atoms with Crippen molar-refractivity contribution in [3.8, 4) is 0 Å². The van der Waals surface area contributed by atoms with Crippen LogP contribution in [0.5, 0.6) is 0 Å². The van der Waals surface area contributed by atoms with E-state index < -0.39 is 38.3 Å². The average molecular weight is 684 g/mol. The average Bonchev–Trinajstić information content (AvgIpc) is 3.03. The number of nitrogens with one attached hydrogen (secondary N) is 4. The molecule has 48 heavy (non-hydrogen) atoms. The van der Waals surface area contributed by atoms with Crippen LogP contribution in [0.3, 0.4) is 0 Å². The molecule has 0 bridgehead atoms. The summed E-state index contributed by atoms with van der Waals surface area (Å²) in [5, 5.41) is 10.2. The van der Waals surface area contributed by atoms with Gasteiger partial charge in [0.25, 0.3) is 5.91 Å². The number of benzene rings is 1. The topological polar surface area (TPSA) is 129 Å². The molecule has 0 spiro atoms. The van der Waals surface area contributed by atoms with Crippen LogP contribution in [0.2, 0.25) is 18.1 Å². The van der Waals surface area contributed by atoms with Crippen molar-refractivity contribution in [3.05, 3.63) is 54.6 Å². The molecular weight excluding hydrogens is 623 g/mol. The Hall–Kier alpha value is -3.28. The van der Waals surface area contributed by atoms with E-state index in [0.29, 0.717) is 32.2 Å². The van der Waals surface area contributed by atoms with Crippen LogP contribution in [0.4, 0.5) is 0 Å². The maximum Gasteiger partial charge on any atom is 0.258 e. The zero-order chi connectivity index (χ0) is 36.4. The second kappa shape index (κ2) is 17.9.